The van der Waals surface area contributed by atoms with Crippen LogP contribution in [0.4, 0.5) is 0 Å². The summed E-state index contributed by atoms with van der Waals surface area (Å²) in [6.07, 6.45) is 0. The summed E-state index contributed by atoms with van der Waals surface area (Å²) >= 11 is 7.07. The summed E-state index contributed by atoms with van der Waals surface area (Å²) in [5.74, 6) is 0. The van der Waals surface area contributed by atoms with E-state index >= 15 is 0 Å². The van der Waals surface area contributed by atoms with E-state index in [0.717, 1.165) is 8.95 Å². The first kappa shape index (κ1) is 9.94. The molecule has 0 unspecified atom stereocenters. The molecule has 0 heterocycles. The van der Waals surface area contributed by atoms with Crippen LogP contribution in [0.2, 0.25) is 0 Å². The molecule has 0 aliphatic carbocycles. The van der Waals surface area contributed by atoms with Gasteiger partial charge in [0.05, 0.1) is 0 Å². The molecule has 2 aromatic carbocycles. The second kappa shape index (κ2) is 4.28. The molecule has 70 valence electrons. The highest BCUT2D eigenvalue weighted by atomic mass is 79.9. The van der Waals surface area contributed by atoms with Gasteiger partial charge in [-0.25, -0.2) is 0 Å². The predicted octanol–water partition coefficient (Wildman–Crippen LogP) is 4.88. The van der Waals surface area contributed by atoms with E-state index in [1.807, 2.05) is 30.3 Å². The third-order valence-electron chi connectivity index (χ3n) is 2.04. The van der Waals surface area contributed by atoms with Gasteiger partial charge >= 0.3 is 0 Å². The monoisotopic (exact) mass is 310 g/mol. The van der Waals surface area contributed by atoms with Crippen LogP contribution >= 0.6 is 31.9 Å². The number of halogens is 2. The number of benzene rings is 2. The van der Waals surface area contributed by atoms with Crippen LogP contribution in [0.15, 0.2) is 57.5 Å². The Morgan fingerprint density at radius 1 is 0.714 bits per heavy atom. The second-order valence-electron chi connectivity index (χ2n) is 2.97. The van der Waals surface area contributed by atoms with Gasteiger partial charge < -0.3 is 0 Å². The van der Waals surface area contributed by atoms with E-state index in [2.05, 4.69) is 50.1 Å². The lowest BCUT2D eigenvalue weighted by Crippen LogP contribution is -1.79. The molecule has 0 aliphatic rings. The molecule has 0 nitrogen and oxygen atoms in total. The highest BCUT2D eigenvalue weighted by Gasteiger charge is 2.04. The molecule has 0 radical (unpaired) electrons. The van der Waals surface area contributed by atoms with Crippen LogP contribution in [0.1, 0.15) is 0 Å². The predicted molar refractivity (Wildman–Crippen MR) is 67.3 cm³/mol. The van der Waals surface area contributed by atoms with Gasteiger partial charge in [0.2, 0.25) is 0 Å². The Hall–Kier alpha value is -0.600. The second-order valence-corrected chi connectivity index (χ2v) is 4.61. The van der Waals surface area contributed by atoms with Gasteiger partial charge in [-0.15, -0.1) is 0 Å². The molecule has 0 spiro atoms. The van der Waals surface area contributed by atoms with Crippen LogP contribution in [0, 0.1) is 0 Å². The fourth-order valence-electron chi connectivity index (χ4n) is 1.34. The molecule has 2 heteroatoms. The average molecular weight is 312 g/mol. The van der Waals surface area contributed by atoms with Gasteiger partial charge in [-0.3, -0.25) is 0 Å². The summed E-state index contributed by atoms with van der Waals surface area (Å²) in [5.41, 5.74) is 2.43. The van der Waals surface area contributed by atoms with Crippen LogP contribution in [0.5, 0.6) is 0 Å². The lowest BCUT2D eigenvalue weighted by molar-refractivity contribution is 1.55. The maximum absolute atomic E-state index is 3.57. The first-order valence-corrected chi connectivity index (χ1v) is 5.87. The molecule has 0 N–H and O–H groups in total. The Balaban J connectivity index is 2.58. The van der Waals surface area contributed by atoms with Gasteiger partial charge in [0.1, 0.15) is 0 Å². The van der Waals surface area contributed by atoms with Gasteiger partial charge in [0, 0.05) is 8.95 Å². The Labute approximate surface area is 100 Å². The normalized spacial score (nSPS) is 10.1. The molecule has 0 amide bonds. The van der Waals surface area contributed by atoms with E-state index in [-0.39, 0.29) is 0 Å². The van der Waals surface area contributed by atoms with Gasteiger partial charge in [-0.05, 0) is 49.1 Å². The van der Waals surface area contributed by atoms with Crippen molar-refractivity contribution in [3.63, 3.8) is 0 Å². The Kier molecular flexibility index (Phi) is 3.04. The molecular weight excluding hydrogens is 304 g/mol. The van der Waals surface area contributed by atoms with Crippen molar-refractivity contribution >= 4 is 31.9 Å². The minimum Gasteiger partial charge on any atom is -0.0622 e. The molecule has 0 atom stereocenters. The third kappa shape index (κ3) is 1.91. The molecule has 0 aromatic heterocycles. The van der Waals surface area contributed by atoms with Crippen molar-refractivity contribution in [3.8, 4) is 11.1 Å². The SMILES string of the molecule is Brc1cccc(-c2ccccc2)c1Br. The molecule has 0 aliphatic heterocycles. The molecule has 0 bridgehead atoms. The number of rotatable bonds is 1. The number of hydrogen-bond donors (Lipinski definition) is 0. The van der Waals surface area contributed by atoms with Crippen molar-refractivity contribution in [2.45, 2.75) is 0 Å². The van der Waals surface area contributed by atoms with Crippen molar-refractivity contribution in [1.82, 2.24) is 0 Å². The molecular formula is C12H8Br2. The minimum atomic E-state index is 1.08. The average Bonchev–Trinajstić information content (AvgIpc) is 2.23. The smallest absolute Gasteiger partial charge is 0.0395 e. The lowest BCUT2D eigenvalue weighted by atomic mass is 10.1. The van der Waals surface area contributed by atoms with E-state index in [1.54, 1.807) is 0 Å². The van der Waals surface area contributed by atoms with E-state index in [1.165, 1.54) is 11.1 Å². The molecule has 0 saturated carbocycles. The van der Waals surface area contributed by atoms with Gasteiger partial charge in [0.15, 0.2) is 0 Å². The topological polar surface area (TPSA) is 0 Å². The third-order valence-corrected chi connectivity index (χ3v) is 4.08. The van der Waals surface area contributed by atoms with Gasteiger partial charge in [-0.1, -0.05) is 42.5 Å². The zero-order chi connectivity index (χ0) is 9.97. The maximum atomic E-state index is 3.57. The first-order valence-electron chi connectivity index (χ1n) is 4.28. The molecule has 2 aromatic rings. The Morgan fingerprint density at radius 3 is 2.14 bits per heavy atom. The fraction of sp³-hybridized carbons (Fsp3) is 0. The van der Waals surface area contributed by atoms with Gasteiger partial charge in [-0.2, -0.15) is 0 Å². The maximum Gasteiger partial charge on any atom is 0.0395 e. The fourth-order valence-corrected chi connectivity index (χ4v) is 2.20. The quantitative estimate of drug-likeness (QED) is 0.704. The van der Waals surface area contributed by atoms with E-state index < -0.39 is 0 Å². The van der Waals surface area contributed by atoms with Crippen molar-refractivity contribution in [2.75, 3.05) is 0 Å². The van der Waals surface area contributed by atoms with Crippen molar-refractivity contribution in [1.29, 1.82) is 0 Å². The standard InChI is InChI=1S/C12H8Br2/c13-11-8-4-7-10(12(11)14)9-5-2-1-3-6-9/h1-8H. The van der Waals surface area contributed by atoms with Crippen molar-refractivity contribution in [3.05, 3.63) is 57.5 Å². The van der Waals surface area contributed by atoms with Gasteiger partial charge in [0.25, 0.3) is 0 Å². The van der Waals surface area contributed by atoms with Crippen molar-refractivity contribution in [2.24, 2.45) is 0 Å². The summed E-state index contributed by atoms with van der Waals surface area (Å²) in [7, 11) is 0. The summed E-state index contributed by atoms with van der Waals surface area (Å²) in [6, 6.07) is 16.5. The first-order chi connectivity index (χ1) is 6.79. The molecule has 14 heavy (non-hydrogen) atoms. The Bertz CT molecular complexity index is 435. The summed E-state index contributed by atoms with van der Waals surface area (Å²) in [6.45, 7) is 0. The van der Waals surface area contributed by atoms with Crippen LogP contribution in [0.3, 0.4) is 0 Å². The largest absolute Gasteiger partial charge is 0.0622 e. The Morgan fingerprint density at radius 2 is 1.43 bits per heavy atom. The van der Waals surface area contributed by atoms with Crippen molar-refractivity contribution < 1.29 is 0 Å². The van der Waals surface area contributed by atoms with E-state index in [4.69, 9.17) is 0 Å². The molecule has 0 saturated heterocycles. The lowest BCUT2D eigenvalue weighted by Gasteiger charge is -2.05. The van der Waals surface area contributed by atoms with E-state index in [9.17, 15) is 0 Å². The van der Waals surface area contributed by atoms with Crippen LogP contribution in [0.25, 0.3) is 11.1 Å². The highest BCUT2D eigenvalue weighted by molar-refractivity contribution is 9.13. The highest BCUT2D eigenvalue weighted by Crippen LogP contribution is 2.33. The summed E-state index contributed by atoms with van der Waals surface area (Å²) in [5, 5.41) is 0. The minimum absolute atomic E-state index is 1.08. The number of hydrogen-bond acceptors (Lipinski definition) is 0. The summed E-state index contributed by atoms with van der Waals surface area (Å²) < 4.78 is 2.19. The van der Waals surface area contributed by atoms with E-state index in [0.29, 0.717) is 0 Å². The zero-order valence-corrected chi connectivity index (χ0v) is 10.5. The summed E-state index contributed by atoms with van der Waals surface area (Å²) in [4.78, 5) is 0. The zero-order valence-electron chi connectivity index (χ0n) is 7.37. The molecule has 0 fully saturated rings. The molecule has 2 rings (SSSR count). The van der Waals surface area contributed by atoms with Crippen LogP contribution in [-0.2, 0) is 0 Å². The van der Waals surface area contributed by atoms with Crippen LogP contribution in [-0.4, -0.2) is 0 Å². The van der Waals surface area contributed by atoms with Crippen LogP contribution < -0.4 is 0 Å².